The average molecular weight is 214 g/mol. The van der Waals surface area contributed by atoms with Crippen LogP contribution in [0.3, 0.4) is 0 Å². The van der Waals surface area contributed by atoms with Crippen LogP contribution in [0.25, 0.3) is 0 Å². The molecule has 1 rings (SSSR count). The molecule has 0 aliphatic heterocycles. The molecule has 2 nitrogen and oxygen atoms in total. The maximum absolute atomic E-state index is 6.08. The van der Waals surface area contributed by atoms with Gasteiger partial charge in [0, 0.05) is 18.2 Å². The molecule has 1 unspecified atom stereocenters. The van der Waals surface area contributed by atoms with Gasteiger partial charge in [-0.2, -0.15) is 0 Å². The first-order valence-corrected chi connectivity index (χ1v) is 5.01. The second kappa shape index (κ2) is 5.35. The standard InChI is InChI=1S/C11H16ClNO/c1-8-3-4-9(11(12)5-8)6-10(13)7-14-2/h3-5,10H,6-7,13H2,1-2H3. The summed E-state index contributed by atoms with van der Waals surface area (Å²) in [7, 11) is 1.65. The molecule has 0 aromatic heterocycles. The molecule has 0 aliphatic carbocycles. The zero-order valence-electron chi connectivity index (χ0n) is 8.59. The lowest BCUT2D eigenvalue weighted by molar-refractivity contribution is 0.180. The van der Waals surface area contributed by atoms with Gasteiger partial charge in [-0.15, -0.1) is 0 Å². The molecular weight excluding hydrogens is 198 g/mol. The van der Waals surface area contributed by atoms with E-state index < -0.39 is 0 Å². The topological polar surface area (TPSA) is 35.2 Å². The van der Waals surface area contributed by atoms with Crippen molar-refractivity contribution in [1.82, 2.24) is 0 Å². The third kappa shape index (κ3) is 3.29. The van der Waals surface area contributed by atoms with Crippen LogP contribution in [0, 0.1) is 6.92 Å². The Morgan fingerprint density at radius 1 is 1.50 bits per heavy atom. The molecule has 0 fully saturated rings. The van der Waals surface area contributed by atoms with Crippen molar-refractivity contribution in [3.05, 3.63) is 34.3 Å². The van der Waals surface area contributed by atoms with Crippen LogP contribution < -0.4 is 5.73 Å². The van der Waals surface area contributed by atoms with Crippen molar-refractivity contribution in [3.8, 4) is 0 Å². The highest BCUT2D eigenvalue weighted by Gasteiger charge is 2.06. The molecule has 0 aliphatic rings. The van der Waals surface area contributed by atoms with E-state index in [-0.39, 0.29) is 6.04 Å². The molecular formula is C11H16ClNO. The quantitative estimate of drug-likeness (QED) is 0.832. The van der Waals surface area contributed by atoms with Gasteiger partial charge in [-0.25, -0.2) is 0 Å². The van der Waals surface area contributed by atoms with E-state index in [2.05, 4.69) is 0 Å². The van der Waals surface area contributed by atoms with Gasteiger partial charge < -0.3 is 10.5 Å². The van der Waals surface area contributed by atoms with Gasteiger partial charge in [-0.1, -0.05) is 23.7 Å². The zero-order valence-corrected chi connectivity index (χ0v) is 9.34. The fourth-order valence-electron chi connectivity index (χ4n) is 1.37. The van der Waals surface area contributed by atoms with Crippen LogP contribution >= 0.6 is 11.6 Å². The summed E-state index contributed by atoms with van der Waals surface area (Å²) in [5.41, 5.74) is 8.09. The molecule has 1 aromatic carbocycles. The molecule has 1 atom stereocenters. The van der Waals surface area contributed by atoms with Gasteiger partial charge in [0.2, 0.25) is 0 Å². The van der Waals surface area contributed by atoms with Gasteiger partial charge in [0.1, 0.15) is 0 Å². The molecule has 0 saturated carbocycles. The molecule has 0 heterocycles. The number of benzene rings is 1. The third-order valence-electron chi connectivity index (χ3n) is 2.07. The van der Waals surface area contributed by atoms with Gasteiger partial charge in [-0.05, 0) is 30.5 Å². The number of ether oxygens (including phenoxy) is 1. The van der Waals surface area contributed by atoms with Crippen LogP contribution in [0.4, 0.5) is 0 Å². The van der Waals surface area contributed by atoms with E-state index in [0.717, 1.165) is 17.0 Å². The molecule has 3 heteroatoms. The zero-order chi connectivity index (χ0) is 10.6. The van der Waals surface area contributed by atoms with Gasteiger partial charge in [0.25, 0.3) is 0 Å². The first kappa shape index (κ1) is 11.5. The lowest BCUT2D eigenvalue weighted by Crippen LogP contribution is -2.28. The summed E-state index contributed by atoms with van der Waals surface area (Å²) in [6.45, 7) is 2.58. The molecule has 0 bridgehead atoms. The predicted octanol–water partition coefficient (Wildman–Crippen LogP) is 2.16. The van der Waals surface area contributed by atoms with Crippen LogP contribution in [0.15, 0.2) is 18.2 Å². The summed E-state index contributed by atoms with van der Waals surface area (Å²) in [5, 5.41) is 0.788. The second-order valence-corrected chi connectivity index (χ2v) is 3.92. The lowest BCUT2D eigenvalue weighted by Gasteiger charge is -2.11. The van der Waals surface area contributed by atoms with Crippen LogP contribution in [-0.4, -0.2) is 19.8 Å². The molecule has 0 spiro atoms. The normalized spacial score (nSPS) is 12.9. The first-order valence-electron chi connectivity index (χ1n) is 4.63. The highest BCUT2D eigenvalue weighted by Crippen LogP contribution is 2.18. The summed E-state index contributed by atoms with van der Waals surface area (Å²) in [4.78, 5) is 0. The Morgan fingerprint density at radius 3 is 2.79 bits per heavy atom. The van der Waals surface area contributed by atoms with Crippen LogP contribution in [0.2, 0.25) is 5.02 Å². The van der Waals surface area contributed by atoms with E-state index in [4.69, 9.17) is 22.1 Å². The smallest absolute Gasteiger partial charge is 0.0616 e. The molecule has 1 aromatic rings. The fraction of sp³-hybridized carbons (Fsp3) is 0.455. The first-order chi connectivity index (χ1) is 6.63. The Kier molecular flexibility index (Phi) is 4.39. The van der Waals surface area contributed by atoms with Crippen molar-refractivity contribution in [2.24, 2.45) is 5.73 Å². The number of hydrogen-bond donors (Lipinski definition) is 1. The molecule has 0 saturated heterocycles. The Hall–Kier alpha value is -0.570. The van der Waals surface area contributed by atoms with E-state index in [1.165, 1.54) is 5.56 Å². The highest BCUT2D eigenvalue weighted by molar-refractivity contribution is 6.31. The summed E-state index contributed by atoms with van der Waals surface area (Å²) in [6, 6.07) is 6.03. The van der Waals surface area contributed by atoms with E-state index in [9.17, 15) is 0 Å². The number of hydrogen-bond acceptors (Lipinski definition) is 2. The average Bonchev–Trinajstić information content (AvgIpc) is 2.10. The predicted molar refractivity (Wildman–Crippen MR) is 59.7 cm³/mol. The maximum Gasteiger partial charge on any atom is 0.0616 e. The summed E-state index contributed by atoms with van der Waals surface area (Å²) < 4.78 is 4.97. The van der Waals surface area contributed by atoms with Gasteiger partial charge in [-0.3, -0.25) is 0 Å². The Labute approximate surface area is 90.0 Å². The maximum atomic E-state index is 6.08. The van der Waals surface area contributed by atoms with Crippen LogP contribution in [-0.2, 0) is 11.2 Å². The van der Waals surface area contributed by atoms with Gasteiger partial charge in [0.15, 0.2) is 0 Å². The van der Waals surface area contributed by atoms with E-state index in [1.807, 2.05) is 25.1 Å². The van der Waals surface area contributed by atoms with Crippen LogP contribution in [0.1, 0.15) is 11.1 Å². The van der Waals surface area contributed by atoms with Crippen molar-refractivity contribution in [2.75, 3.05) is 13.7 Å². The Bertz CT molecular complexity index is 301. The van der Waals surface area contributed by atoms with Crippen molar-refractivity contribution < 1.29 is 4.74 Å². The van der Waals surface area contributed by atoms with E-state index in [0.29, 0.717) is 6.61 Å². The Morgan fingerprint density at radius 2 is 2.21 bits per heavy atom. The Balaban J connectivity index is 2.67. The second-order valence-electron chi connectivity index (χ2n) is 3.51. The molecule has 14 heavy (non-hydrogen) atoms. The van der Waals surface area contributed by atoms with Crippen molar-refractivity contribution >= 4 is 11.6 Å². The molecule has 0 amide bonds. The SMILES string of the molecule is COCC(N)Cc1ccc(C)cc1Cl. The minimum absolute atomic E-state index is 0.0141. The minimum atomic E-state index is 0.0141. The number of aryl methyl sites for hydroxylation is 1. The molecule has 78 valence electrons. The van der Waals surface area contributed by atoms with E-state index in [1.54, 1.807) is 7.11 Å². The van der Waals surface area contributed by atoms with Crippen LogP contribution in [0.5, 0.6) is 0 Å². The largest absolute Gasteiger partial charge is 0.383 e. The van der Waals surface area contributed by atoms with E-state index >= 15 is 0 Å². The van der Waals surface area contributed by atoms with Crippen molar-refractivity contribution in [1.29, 1.82) is 0 Å². The highest BCUT2D eigenvalue weighted by atomic mass is 35.5. The summed E-state index contributed by atoms with van der Waals surface area (Å²) in [6.07, 6.45) is 0.757. The number of rotatable bonds is 4. The van der Waals surface area contributed by atoms with Crippen molar-refractivity contribution in [3.63, 3.8) is 0 Å². The number of halogens is 1. The molecule has 0 radical (unpaired) electrons. The number of nitrogens with two attached hydrogens (primary N) is 1. The number of methoxy groups -OCH3 is 1. The van der Waals surface area contributed by atoms with Gasteiger partial charge in [0.05, 0.1) is 6.61 Å². The van der Waals surface area contributed by atoms with Gasteiger partial charge >= 0.3 is 0 Å². The van der Waals surface area contributed by atoms with Crippen molar-refractivity contribution in [2.45, 2.75) is 19.4 Å². The summed E-state index contributed by atoms with van der Waals surface area (Å²) in [5.74, 6) is 0. The lowest BCUT2D eigenvalue weighted by atomic mass is 10.1. The summed E-state index contributed by atoms with van der Waals surface area (Å²) >= 11 is 6.08. The molecule has 2 N–H and O–H groups in total. The minimum Gasteiger partial charge on any atom is -0.383 e. The fourth-order valence-corrected chi connectivity index (χ4v) is 1.69. The monoisotopic (exact) mass is 213 g/mol. The third-order valence-corrected chi connectivity index (χ3v) is 2.42.